The van der Waals surface area contributed by atoms with Crippen LogP contribution in [-0.2, 0) is 11.3 Å². The molecule has 0 unspecified atom stereocenters. The number of rotatable bonds is 6. The lowest BCUT2D eigenvalue weighted by Gasteiger charge is -2.01. The number of hydrogen-bond acceptors (Lipinski definition) is 4. The number of thiazole rings is 1. The van der Waals surface area contributed by atoms with Crippen molar-refractivity contribution in [3.8, 4) is 0 Å². The Balaban J connectivity index is 1.84. The van der Waals surface area contributed by atoms with E-state index in [0.717, 1.165) is 25.6 Å². The van der Waals surface area contributed by atoms with E-state index in [-0.39, 0.29) is 0 Å². The van der Waals surface area contributed by atoms with Crippen LogP contribution in [0.3, 0.4) is 0 Å². The Labute approximate surface area is 94.9 Å². The van der Waals surface area contributed by atoms with E-state index < -0.39 is 0 Å². The molecule has 1 aromatic rings. The first-order valence-corrected chi connectivity index (χ1v) is 6.28. The average molecular weight is 226 g/mol. The van der Waals surface area contributed by atoms with Gasteiger partial charge < -0.3 is 10.1 Å². The third-order valence-corrected chi connectivity index (χ3v) is 3.92. The smallest absolute Gasteiger partial charge is 0.0962 e. The topological polar surface area (TPSA) is 34.1 Å². The van der Waals surface area contributed by atoms with Crippen LogP contribution in [0.2, 0.25) is 0 Å². The van der Waals surface area contributed by atoms with E-state index in [1.165, 1.54) is 28.4 Å². The molecule has 0 aromatic carbocycles. The Kier molecular flexibility index (Phi) is 3.72. The van der Waals surface area contributed by atoms with Gasteiger partial charge in [0.15, 0.2) is 0 Å². The number of methoxy groups -OCH3 is 1. The highest BCUT2D eigenvalue weighted by atomic mass is 32.1. The normalized spacial score (nSPS) is 15.9. The Morgan fingerprint density at radius 1 is 1.53 bits per heavy atom. The van der Waals surface area contributed by atoms with Gasteiger partial charge in [-0.05, 0) is 19.8 Å². The molecule has 2 rings (SSSR count). The van der Waals surface area contributed by atoms with E-state index in [4.69, 9.17) is 4.74 Å². The van der Waals surface area contributed by atoms with Gasteiger partial charge in [0, 0.05) is 31.0 Å². The number of aryl methyl sites for hydroxylation is 1. The Hall–Kier alpha value is -0.450. The standard InChI is InChI=1S/C11H18N2OS/c1-8-10(7-12-5-6-14-2)15-11(13-8)9-3-4-9/h9,12H,3-7H2,1-2H3. The van der Waals surface area contributed by atoms with Gasteiger partial charge in [-0.2, -0.15) is 0 Å². The monoisotopic (exact) mass is 226 g/mol. The van der Waals surface area contributed by atoms with E-state index >= 15 is 0 Å². The molecule has 1 aromatic heterocycles. The molecule has 1 N–H and O–H groups in total. The summed E-state index contributed by atoms with van der Waals surface area (Å²) in [6, 6.07) is 0. The largest absolute Gasteiger partial charge is 0.383 e. The molecular weight excluding hydrogens is 208 g/mol. The van der Waals surface area contributed by atoms with Crippen molar-refractivity contribution in [3.05, 3.63) is 15.6 Å². The first-order chi connectivity index (χ1) is 7.31. The maximum Gasteiger partial charge on any atom is 0.0962 e. The predicted octanol–water partition coefficient (Wildman–Crippen LogP) is 2.06. The Bertz CT molecular complexity index is 320. The van der Waals surface area contributed by atoms with E-state index in [1.807, 2.05) is 11.3 Å². The number of ether oxygens (including phenoxy) is 1. The molecule has 1 aliphatic carbocycles. The maximum absolute atomic E-state index is 4.99. The average Bonchev–Trinajstić information content (AvgIpc) is 3.00. The van der Waals surface area contributed by atoms with Crippen LogP contribution < -0.4 is 5.32 Å². The van der Waals surface area contributed by atoms with E-state index in [2.05, 4.69) is 17.2 Å². The summed E-state index contributed by atoms with van der Waals surface area (Å²) in [5.41, 5.74) is 1.20. The third-order valence-electron chi connectivity index (χ3n) is 2.60. The lowest BCUT2D eigenvalue weighted by Crippen LogP contribution is -2.18. The van der Waals surface area contributed by atoms with Gasteiger partial charge in [-0.15, -0.1) is 11.3 Å². The fourth-order valence-corrected chi connectivity index (χ4v) is 2.70. The second kappa shape index (κ2) is 5.05. The number of nitrogens with zero attached hydrogens (tertiary/aromatic N) is 1. The zero-order valence-corrected chi connectivity index (χ0v) is 10.2. The van der Waals surface area contributed by atoms with Gasteiger partial charge in [0.25, 0.3) is 0 Å². The summed E-state index contributed by atoms with van der Waals surface area (Å²) in [5, 5.41) is 4.71. The van der Waals surface area contributed by atoms with Crippen molar-refractivity contribution >= 4 is 11.3 Å². The van der Waals surface area contributed by atoms with Crippen molar-refractivity contribution in [1.29, 1.82) is 0 Å². The molecule has 0 radical (unpaired) electrons. The molecule has 0 amide bonds. The molecule has 4 heteroatoms. The molecule has 0 atom stereocenters. The summed E-state index contributed by atoms with van der Waals surface area (Å²) >= 11 is 1.87. The van der Waals surface area contributed by atoms with Gasteiger partial charge in [0.05, 0.1) is 17.3 Å². The second-order valence-electron chi connectivity index (χ2n) is 4.00. The lowest BCUT2D eigenvalue weighted by atomic mass is 10.4. The van der Waals surface area contributed by atoms with Crippen molar-refractivity contribution < 1.29 is 4.74 Å². The molecule has 84 valence electrons. The van der Waals surface area contributed by atoms with Crippen LogP contribution in [0, 0.1) is 6.92 Å². The molecule has 15 heavy (non-hydrogen) atoms. The first kappa shape index (κ1) is 11.0. The van der Waals surface area contributed by atoms with Crippen LogP contribution in [0.4, 0.5) is 0 Å². The van der Waals surface area contributed by atoms with Gasteiger partial charge in [0.1, 0.15) is 0 Å². The molecular formula is C11H18N2OS. The van der Waals surface area contributed by atoms with Crippen LogP contribution in [0.25, 0.3) is 0 Å². The zero-order chi connectivity index (χ0) is 10.7. The van der Waals surface area contributed by atoms with Gasteiger partial charge in [0.2, 0.25) is 0 Å². The predicted molar refractivity (Wildman–Crippen MR) is 62.4 cm³/mol. The summed E-state index contributed by atoms with van der Waals surface area (Å²) in [7, 11) is 1.73. The molecule has 0 aliphatic heterocycles. The summed E-state index contributed by atoms with van der Waals surface area (Å²) in [6.07, 6.45) is 2.67. The summed E-state index contributed by atoms with van der Waals surface area (Å²) in [6.45, 7) is 4.72. The first-order valence-electron chi connectivity index (χ1n) is 5.47. The minimum absolute atomic E-state index is 0.771. The van der Waals surface area contributed by atoms with E-state index in [9.17, 15) is 0 Å². The van der Waals surface area contributed by atoms with Crippen molar-refractivity contribution in [1.82, 2.24) is 10.3 Å². The van der Waals surface area contributed by atoms with Crippen molar-refractivity contribution in [2.45, 2.75) is 32.2 Å². The maximum atomic E-state index is 4.99. The zero-order valence-electron chi connectivity index (χ0n) is 9.38. The van der Waals surface area contributed by atoms with Crippen molar-refractivity contribution in [2.75, 3.05) is 20.3 Å². The molecule has 1 fully saturated rings. The molecule has 0 bridgehead atoms. The highest BCUT2D eigenvalue weighted by Gasteiger charge is 2.27. The highest BCUT2D eigenvalue weighted by molar-refractivity contribution is 7.11. The van der Waals surface area contributed by atoms with Crippen LogP contribution in [0.5, 0.6) is 0 Å². The molecule has 3 nitrogen and oxygen atoms in total. The minimum atomic E-state index is 0.771. The van der Waals surface area contributed by atoms with Gasteiger partial charge in [-0.25, -0.2) is 4.98 Å². The Morgan fingerprint density at radius 2 is 2.33 bits per heavy atom. The summed E-state index contributed by atoms with van der Waals surface area (Å²) < 4.78 is 4.99. The molecule has 1 heterocycles. The van der Waals surface area contributed by atoms with Gasteiger partial charge in [-0.3, -0.25) is 0 Å². The van der Waals surface area contributed by atoms with E-state index in [0.29, 0.717) is 0 Å². The summed E-state index contributed by atoms with van der Waals surface area (Å²) in [4.78, 5) is 6.00. The summed E-state index contributed by atoms with van der Waals surface area (Å²) in [5.74, 6) is 0.779. The van der Waals surface area contributed by atoms with Gasteiger partial charge in [-0.1, -0.05) is 0 Å². The fraction of sp³-hybridized carbons (Fsp3) is 0.727. The van der Waals surface area contributed by atoms with Crippen molar-refractivity contribution in [3.63, 3.8) is 0 Å². The van der Waals surface area contributed by atoms with Crippen LogP contribution in [0.1, 0.15) is 34.3 Å². The van der Waals surface area contributed by atoms with Crippen LogP contribution in [-0.4, -0.2) is 25.2 Å². The fourth-order valence-electron chi connectivity index (χ4n) is 1.50. The molecule has 1 aliphatic rings. The second-order valence-corrected chi connectivity index (χ2v) is 5.12. The Morgan fingerprint density at radius 3 is 3.00 bits per heavy atom. The number of hydrogen-bond donors (Lipinski definition) is 1. The number of nitrogens with one attached hydrogen (secondary N) is 1. The lowest BCUT2D eigenvalue weighted by molar-refractivity contribution is 0.199. The molecule has 0 spiro atoms. The molecule has 1 saturated carbocycles. The van der Waals surface area contributed by atoms with Crippen molar-refractivity contribution in [2.24, 2.45) is 0 Å². The SMILES string of the molecule is COCCNCc1sc(C2CC2)nc1C. The minimum Gasteiger partial charge on any atom is -0.383 e. The highest BCUT2D eigenvalue weighted by Crippen LogP contribution is 2.42. The van der Waals surface area contributed by atoms with Crippen LogP contribution in [0.15, 0.2) is 0 Å². The molecule has 0 saturated heterocycles. The van der Waals surface area contributed by atoms with Gasteiger partial charge >= 0.3 is 0 Å². The number of aromatic nitrogens is 1. The quantitative estimate of drug-likeness (QED) is 0.754. The third kappa shape index (κ3) is 3.00. The van der Waals surface area contributed by atoms with Crippen LogP contribution >= 0.6 is 11.3 Å². The van der Waals surface area contributed by atoms with E-state index in [1.54, 1.807) is 7.11 Å².